The molecule has 60 valence electrons. The third-order valence-electron chi connectivity index (χ3n) is 1.31. The molecule has 0 bridgehead atoms. The number of rotatable bonds is 1. The van der Waals surface area contributed by atoms with Crippen molar-refractivity contribution in [3.8, 4) is 0 Å². The summed E-state index contributed by atoms with van der Waals surface area (Å²) in [7, 11) is 0. The van der Waals surface area contributed by atoms with E-state index in [2.05, 4.69) is 38.5 Å². The summed E-state index contributed by atoms with van der Waals surface area (Å²) in [6.45, 7) is 0.490. The lowest BCUT2D eigenvalue weighted by Crippen LogP contribution is -1.99. The molecule has 0 fully saturated rings. The molecule has 0 aromatic heterocycles. The summed E-state index contributed by atoms with van der Waals surface area (Å²) in [4.78, 5) is 0. The first-order chi connectivity index (χ1) is 5.15. The summed E-state index contributed by atoms with van der Waals surface area (Å²) in [6.07, 6.45) is 0. The van der Waals surface area contributed by atoms with Gasteiger partial charge in [0.05, 0.1) is 0 Å². The third-order valence-corrected chi connectivity index (χ3v) is 3.07. The number of hydrogen-bond donors (Lipinski definition) is 1. The van der Waals surface area contributed by atoms with Crippen LogP contribution in [0.1, 0.15) is 5.56 Å². The molecule has 0 aliphatic heterocycles. The molecule has 1 rings (SSSR count). The second-order valence-corrected chi connectivity index (χ2v) is 4.54. The van der Waals surface area contributed by atoms with Gasteiger partial charge in [0.25, 0.3) is 0 Å². The lowest BCUT2D eigenvalue weighted by atomic mass is 10.2. The molecule has 0 saturated heterocycles. The lowest BCUT2D eigenvalue weighted by molar-refractivity contribution is 1.06. The van der Waals surface area contributed by atoms with E-state index in [4.69, 9.17) is 17.3 Å². The number of nitrogens with two attached hydrogens (primary N) is 1. The van der Waals surface area contributed by atoms with Gasteiger partial charge in [-0.2, -0.15) is 0 Å². The SMILES string of the molecule is NCc1c(Cl)cc(Br)cc1I. The highest BCUT2D eigenvalue weighted by atomic mass is 127. The summed E-state index contributed by atoms with van der Waals surface area (Å²) in [5.41, 5.74) is 6.51. The summed E-state index contributed by atoms with van der Waals surface area (Å²) in [5, 5.41) is 0.728. The zero-order valence-electron chi connectivity index (χ0n) is 5.57. The van der Waals surface area contributed by atoms with E-state index >= 15 is 0 Å². The second-order valence-electron chi connectivity index (χ2n) is 2.05. The zero-order chi connectivity index (χ0) is 8.43. The lowest BCUT2D eigenvalue weighted by Gasteiger charge is -2.04. The molecule has 1 aromatic rings. The van der Waals surface area contributed by atoms with Crippen LogP contribution >= 0.6 is 50.1 Å². The molecule has 2 N–H and O–H groups in total. The first-order valence-corrected chi connectivity index (χ1v) is 5.23. The Morgan fingerprint density at radius 1 is 1.55 bits per heavy atom. The fourth-order valence-electron chi connectivity index (χ4n) is 0.767. The van der Waals surface area contributed by atoms with Gasteiger partial charge in [0, 0.05) is 19.6 Å². The standard InChI is InChI=1S/C7H6BrClIN/c8-4-1-6(9)5(3-11)7(10)2-4/h1-2H,3,11H2. The molecule has 0 atom stereocenters. The average molecular weight is 346 g/mol. The minimum absolute atomic E-state index is 0.490. The average Bonchev–Trinajstić information content (AvgIpc) is 1.85. The minimum atomic E-state index is 0.490. The van der Waals surface area contributed by atoms with Crippen molar-refractivity contribution in [3.63, 3.8) is 0 Å². The molecule has 0 saturated carbocycles. The fourth-order valence-corrected chi connectivity index (χ4v) is 3.09. The van der Waals surface area contributed by atoms with Crippen molar-refractivity contribution in [1.29, 1.82) is 0 Å². The molecule has 0 unspecified atom stereocenters. The first kappa shape index (κ1) is 9.77. The third kappa shape index (κ3) is 2.31. The van der Waals surface area contributed by atoms with Gasteiger partial charge in [-0.3, -0.25) is 0 Å². The van der Waals surface area contributed by atoms with Gasteiger partial charge in [0.15, 0.2) is 0 Å². The largest absolute Gasteiger partial charge is 0.326 e. The van der Waals surface area contributed by atoms with Gasteiger partial charge >= 0.3 is 0 Å². The molecule has 0 aliphatic carbocycles. The van der Waals surface area contributed by atoms with E-state index in [9.17, 15) is 0 Å². The predicted molar refractivity (Wildman–Crippen MR) is 59.8 cm³/mol. The van der Waals surface area contributed by atoms with Gasteiger partial charge in [-0.25, -0.2) is 0 Å². The van der Waals surface area contributed by atoms with E-state index in [1.165, 1.54) is 0 Å². The quantitative estimate of drug-likeness (QED) is 0.777. The van der Waals surface area contributed by atoms with E-state index in [0.717, 1.165) is 18.6 Å². The molecule has 4 heteroatoms. The van der Waals surface area contributed by atoms with E-state index < -0.39 is 0 Å². The Morgan fingerprint density at radius 2 is 2.18 bits per heavy atom. The Morgan fingerprint density at radius 3 is 2.64 bits per heavy atom. The van der Waals surface area contributed by atoms with Gasteiger partial charge in [-0.15, -0.1) is 0 Å². The second kappa shape index (κ2) is 4.07. The Labute approximate surface area is 92.6 Å². The molecular formula is C7H6BrClIN. The zero-order valence-corrected chi connectivity index (χ0v) is 10.1. The topological polar surface area (TPSA) is 26.0 Å². The van der Waals surface area contributed by atoms with Crippen molar-refractivity contribution in [1.82, 2.24) is 0 Å². The highest BCUT2D eigenvalue weighted by molar-refractivity contribution is 14.1. The van der Waals surface area contributed by atoms with Crippen molar-refractivity contribution < 1.29 is 0 Å². The molecular weight excluding hydrogens is 340 g/mol. The van der Waals surface area contributed by atoms with Crippen LogP contribution in [0.5, 0.6) is 0 Å². The van der Waals surface area contributed by atoms with Crippen LogP contribution in [0.4, 0.5) is 0 Å². The molecule has 1 aromatic carbocycles. The highest BCUT2D eigenvalue weighted by Gasteiger charge is 2.03. The molecule has 0 spiro atoms. The molecule has 0 radical (unpaired) electrons. The van der Waals surface area contributed by atoms with Gasteiger partial charge in [0.1, 0.15) is 0 Å². The number of halogens is 3. The van der Waals surface area contributed by atoms with Gasteiger partial charge in [0.2, 0.25) is 0 Å². The maximum atomic E-state index is 5.92. The highest BCUT2D eigenvalue weighted by Crippen LogP contribution is 2.26. The van der Waals surface area contributed by atoms with Crippen LogP contribution in [0.25, 0.3) is 0 Å². The summed E-state index contributed by atoms with van der Waals surface area (Å²) in [6, 6.07) is 3.85. The van der Waals surface area contributed by atoms with Crippen molar-refractivity contribution in [2.24, 2.45) is 5.73 Å². The Hall–Kier alpha value is 0.680. The smallest absolute Gasteiger partial charge is 0.0472 e. The maximum absolute atomic E-state index is 5.92. The van der Waals surface area contributed by atoms with Gasteiger partial charge in [-0.05, 0) is 40.3 Å². The molecule has 0 aliphatic rings. The first-order valence-electron chi connectivity index (χ1n) is 2.98. The molecule has 11 heavy (non-hydrogen) atoms. The predicted octanol–water partition coefficient (Wildman–Crippen LogP) is 3.17. The number of benzene rings is 1. The number of hydrogen-bond acceptors (Lipinski definition) is 1. The Kier molecular flexibility index (Phi) is 3.61. The fraction of sp³-hybridized carbons (Fsp3) is 0.143. The Bertz CT molecular complexity index is 254. The van der Waals surface area contributed by atoms with Crippen molar-refractivity contribution in [2.45, 2.75) is 6.54 Å². The van der Waals surface area contributed by atoms with Gasteiger partial charge in [-0.1, -0.05) is 27.5 Å². The van der Waals surface area contributed by atoms with Crippen molar-refractivity contribution >= 4 is 50.1 Å². The van der Waals surface area contributed by atoms with E-state index in [0.29, 0.717) is 6.54 Å². The van der Waals surface area contributed by atoms with Crippen LogP contribution in [-0.2, 0) is 6.54 Å². The van der Waals surface area contributed by atoms with Crippen LogP contribution in [0.15, 0.2) is 16.6 Å². The van der Waals surface area contributed by atoms with Crippen molar-refractivity contribution in [3.05, 3.63) is 30.8 Å². The molecule has 1 nitrogen and oxygen atoms in total. The Balaban J connectivity index is 3.25. The van der Waals surface area contributed by atoms with Crippen LogP contribution in [0, 0.1) is 3.57 Å². The van der Waals surface area contributed by atoms with Crippen molar-refractivity contribution in [2.75, 3.05) is 0 Å². The summed E-state index contributed by atoms with van der Waals surface area (Å²) >= 11 is 11.5. The van der Waals surface area contributed by atoms with Gasteiger partial charge < -0.3 is 5.73 Å². The minimum Gasteiger partial charge on any atom is -0.326 e. The normalized spacial score (nSPS) is 10.2. The van der Waals surface area contributed by atoms with Crippen LogP contribution in [-0.4, -0.2) is 0 Å². The van der Waals surface area contributed by atoms with E-state index in [-0.39, 0.29) is 0 Å². The van der Waals surface area contributed by atoms with Crippen LogP contribution < -0.4 is 5.73 Å². The van der Waals surface area contributed by atoms with Crippen LogP contribution in [0.2, 0.25) is 5.02 Å². The monoisotopic (exact) mass is 345 g/mol. The molecule has 0 amide bonds. The van der Waals surface area contributed by atoms with Crippen LogP contribution in [0.3, 0.4) is 0 Å². The van der Waals surface area contributed by atoms with E-state index in [1.54, 1.807) is 0 Å². The summed E-state index contributed by atoms with van der Waals surface area (Å²) < 4.78 is 2.09. The molecule has 0 heterocycles. The maximum Gasteiger partial charge on any atom is 0.0472 e. The summed E-state index contributed by atoms with van der Waals surface area (Å²) in [5.74, 6) is 0. The van der Waals surface area contributed by atoms with E-state index in [1.807, 2.05) is 12.1 Å².